The van der Waals surface area contributed by atoms with Crippen molar-refractivity contribution < 1.29 is 14.4 Å². The number of primary amides is 1. The second-order valence-corrected chi connectivity index (χ2v) is 7.33. The van der Waals surface area contributed by atoms with Crippen LogP contribution in [0.4, 0.5) is 5.69 Å². The molecule has 0 atom stereocenters. The van der Waals surface area contributed by atoms with E-state index >= 15 is 0 Å². The minimum absolute atomic E-state index is 0.0107. The van der Waals surface area contributed by atoms with Crippen LogP contribution >= 0.6 is 12.2 Å². The predicted octanol–water partition coefficient (Wildman–Crippen LogP) is 2.27. The van der Waals surface area contributed by atoms with Gasteiger partial charge in [0.15, 0.2) is 5.11 Å². The summed E-state index contributed by atoms with van der Waals surface area (Å²) in [5.41, 5.74) is 8.16. The molecular weight excluding hydrogens is 400 g/mol. The number of carbonyl (C=O) groups is 3. The highest BCUT2D eigenvalue weighted by Crippen LogP contribution is 2.28. The zero-order chi connectivity index (χ0) is 21.4. The smallest absolute Gasteiger partial charge is 0.270 e. The third kappa shape index (κ3) is 3.37. The van der Waals surface area contributed by atoms with E-state index in [2.05, 4.69) is 5.32 Å². The number of nitrogens with two attached hydrogens (primary N) is 1. The Kier molecular flexibility index (Phi) is 4.93. The number of rotatable bonds is 4. The molecule has 2 heterocycles. The van der Waals surface area contributed by atoms with Gasteiger partial charge in [0.2, 0.25) is 5.91 Å². The largest absolute Gasteiger partial charge is 0.368 e. The van der Waals surface area contributed by atoms with E-state index in [4.69, 9.17) is 18.0 Å². The van der Waals surface area contributed by atoms with Crippen molar-refractivity contribution in [2.45, 2.75) is 13.5 Å². The molecule has 0 aliphatic carbocycles. The minimum atomic E-state index is -0.568. The molecule has 2 aromatic carbocycles. The van der Waals surface area contributed by atoms with Gasteiger partial charge in [-0.3, -0.25) is 24.6 Å². The molecule has 0 unspecified atom stereocenters. The number of amides is 3. The number of hydrogen-bond acceptors (Lipinski definition) is 4. The average Bonchev–Trinajstić information content (AvgIpc) is 3.03. The summed E-state index contributed by atoms with van der Waals surface area (Å²) >= 11 is 5.26. The molecule has 1 aromatic heterocycles. The monoisotopic (exact) mass is 418 g/mol. The van der Waals surface area contributed by atoms with Crippen LogP contribution in [0.15, 0.2) is 60.3 Å². The lowest BCUT2D eigenvalue weighted by Gasteiger charge is -2.29. The molecule has 30 heavy (non-hydrogen) atoms. The first kappa shape index (κ1) is 19.5. The Balaban J connectivity index is 1.82. The molecule has 0 bridgehead atoms. The number of para-hydroxylation sites is 2. The fraction of sp³-hybridized carbons (Fsp3) is 0.0909. The lowest BCUT2D eigenvalue weighted by atomic mass is 10.1. The van der Waals surface area contributed by atoms with Crippen LogP contribution in [-0.4, -0.2) is 27.4 Å². The fourth-order valence-electron chi connectivity index (χ4n) is 3.53. The van der Waals surface area contributed by atoms with E-state index in [-0.39, 0.29) is 17.2 Å². The molecule has 1 fully saturated rings. The number of carbonyl (C=O) groups excluding carboxylic acids is 3. The van der Waals surface area contributed by atoms with Crippen LogP contribution in [-0.2, 0) is 20.9 Å². The van der Waals surface area contributed by atoms with E-state index in [9.17, 15) is 14.4 Å². The Labute approximate surface area is 177 Å². The first-order chi connectivity index (χ1) is 14.4. The van der Waals surface area contributed by atoms with Crippen LogP contribution in [0.5, 0.6) is 0 Å². The van der Waals surface area contributed by atoms with Crippen molar-refractivity contribution >= 4 is 57.7 Å². The van der Waals surface area contributed by atoms with E-state index in [1.165, 1.54) is 11.0 Å². The number of hydrogen-bond donors (Lipinski definition) is 2. The van der Waals surface area contributed by atoms with Crippen molar-refractivity contribution in [1.29, 1.82) is 0 Å². The highest BCUT2D eigenvalue weighted by Gasteiger charge is 2.35. The highest BCUT2D eigenvalue weighted by molar-refractivity contribution is 7.80. The first-order valence-electron chi connectivity index (χ1n) is 9.20. The number of nitrogens with one attached hydrogen (secondary N) is 1. The fourth-order valence-corrected chi connectivity index (χ4v) is 3.81. The molecule has 0 saturated carbocycles. The van der Waals surface area contributed by atoms with Crippen LogP contribution in [0, 0.1) is 6.92 Å². The normalized spacial score (nSPS) is 15.7. The second kappa shape index (κ2) is 7.57. The number of aromatic nitrogens is 1. The quantitative estimate of drug-likeness (QED) is 0.386. The van der Waals surface area contributed by atoms with Crippen molar-refractivity contribution in [2.24, 2.45) is 5.73 Å². The van der Waals surface area contributed by atoms with Crippen LogP contribution in [0.3, 0.4) is 0 Å². The van der Waals surface area contributed by atoms with Gasteiger partial charge >= 0.3 is 0 Å². The molecule has 8 heteroatoms. The van der Waals surface area contributed by atoms with E-state index in [0.29, 0.717) is 11.3 Å². The number of nitrogens with zero attached hydrogens (tertiary/aromatic N) is 2. The number of anilines is 1. The van der Waals surface area contributed by atoms with Crippen molar-refractivity contribution in [3.8, 4) is 0 Å². The molecule has 150 valence electrons. The Morgan fingerprint density at radius 3 is 2.57 bits per heavy atom. The van der Waals surface area contributed by atoms with Gasteiger partial charge in [-0.1, -0.05) is 36.4 Å². The summed E-state index contributed by atoms with van der Waals surface area (Å²) < 4.78 is 1.69. The number of benzene rings is 2. The third-order valence-electron chi connectivity index (χ3n) is 4.90. The first-order valence-corrected chi connectivity index (χ1v) is 9.61. The summed E-state index contributed by atoms with van der Waals surface area (Å²) in [5, 5.41) is 3.42. The maximum atomic E-state index is 13.3. The van der Waals surface area contributed by atoms with Crippen molar-refractivity contribution in [2.75, 3.05) is 4.90 Å². The summed E-state index contributed by atoms with van der Waals surface area (Å²) in [7, 11) is 0. The molecule has 0 radical (unpaired) electrons. The van der Waals surface area contributed by atoms with Gasteiger partial charge in [0.1, 0.15) is 12.1 Å². The molecule has 1 saturated heterocycles. The van der Waals surface area contributed by atoms with Crippen molar-refractivity contribution in [1.82, 2.24) is 9.88 Å². The van der Waals surface area contributed by atoms with Crippen LogP contribution in [0.2, 0.25) is 0 Å². The van der Waals surface area contributed by atoms with E-state index < -0.39 is 17.7 Å². The standard InChI is InChI=1S/C22H18N4O3S/c1-13-6-2-4-8-17(13)26-21(29)16(20(28)24-22(26)30)10-14-11-25(12-19(23)27)18-9-5-3-7-15(14)18/h2-11H,12H2,1H3,(H2,23,27)(H,24,28,30). The summed E-state index contributed by atoms with van der Waals surface area (Å²) in [6.45, 7) is 1.85. The zero-order valence-electron chi connectivity index (χ0n) is 16.1. The van der Waals surface area contributed by atoms with Gasteiger partial charge in [0.05, 0.1) is 5.69 Å². The summed E-state index contributed by atoms with van der Waals surface area (Å²) in [5.74, 6) is -1.57. The van der Waals surface area contributed by atoms with Gasteiger partial charge in [0.25, 0.3) is 11.8 Å². The van der Waals surface area contributed by atoms with E-state index in [1.54, 1.807) is 22.9 Å². The minimum Gasteiger partial charge on any atom is -0.368 e. The van der Waals surface area contributed by atoms with Crippen LogP contribution in [0.25, 0.3) is 17.0 Å². The maximum absolute atomic E-state index is 13.3. The second-order valence-electron chi connectivity index (χ2n) is 6.94. The van der Waals surface area contributed by atoms with Gasteiger partial charge in [-0.05, 0) is 42.9 Å². The van der Waals surface area contributed by atoms with Gasteiger partial charge < -0.3 is 10.3 Å². The van der Waals surface area contributed by atoms with Gasteiger partial charge in [-0.15, -0.1) is 0 Å². The molecule has 1 aliphatic heterocycles. The number of aryl methyl sites for hydroxylation is 1. The van der Waals surface area contributed by atoms with Gasteiger partial charge in [-0.25, -0.2) is 0 Å². The lowest BCUT2D eigenvalue weighted by Crippen LogP contribution is -2.54. The molecule has 3 amide bonds. The molecular formula is C22H18N4O3S. The third-order valence-corrected chi connectivity index (χ3v) is 5.19. The average molecular weight is 418 g/mol. The Hall–Kier alpha value is -3.78. The van der Waals surface area contributed by atoms with Gasteiger partial charge in [0, 0.05) is 22.7 Å². The van der Waals surface area contributed by atoms with Crippen LogP contribution < -0.4 is 16.0 Å². The summed E-state index contributed by atoms with van der Waals surface area (Å²) in [6, 6.07) is 14.7. The molecule has 7 nitrogen and oxygen atoms in total. The SMILES string of the molecule is Cc1ccccc1N1C(=O)C(=Cc2cn(CC(N)=O)c3ccccc23)C(=O)NC1=S. The summed E-state index contributed by atoms with van der Waals surface area (Å²) in [6.07, 6.45) is 3.22. The zero-order valence-corrected chi connectivity index (χ0v) is 16.9. The Morgan fingerprint density at radius 1 is 1.13 bits per heavy atom. The predicted molar refractivity (Wildman–Crippen MR) is 119 cm³/mol. The maximum Gasteiger partial charge on any atom is 0.270 e. The molecule has 1 aliphatic rings. The van der Waals surface area contributed by atoms with Crippen molar-refractivity contribution in [3.63, 3.8) is 0 Å². The summed E-state index contributed by atoms with van der Waals surface area (Å²) in [4.78, 5) is 38.6. The van der Waals surface area contributed by atoms with Gasteiger partial charge in [-0.2, -0.15) is 0 Å². The topological polar surface area (TPSA) is 97.4 Å². The number of fused-ring (bicyclic) bond motifs is 1. The van der Waals surface area contributed by atoms with E-state index in [1.807, 2.05) is 43.3 Å². The van der Waals surface area contributed by atoms with Crippen molar-refractivity contribution in [3.05, 3.63) is 71.4 Å². The van der Waals surface area contributed by atoms with E-state index in [0.717, 1.165) is 16.5 Å². The van der Waals surface area contributed by atoms with Crippen LogP contribution in [0.1, 0.15) is 11.1 Å². The molecule has 0 spiro atoms. The Bertz CT molecular complexity index is 1260. The lowest BCUT2D eigenvalue weighted by molar-refractivity contribution is -0.122. The number of thiocarbonyl (C=S) groups is 1. The highest BCUT2D eigenvalue weighted by atomic mass is 32.1. The molecule has 4 rings (SSSR count). The molecule has 3 aromatic rings. The Morgan fingerprint density at radius 2 is 1.83 bits per heavy atom. The molecule has 3 N–H and O–H groups in total.